The normalized spacial score (nSPS) is 17.0. The summed E-state index contributed by atoms with van der Waals surface area (Å²) in [6.45, 7) is 7.92. The van der Waals surface area contributed by atoms with Crippen LogP contribution in [0.4, 0.5) is 5.69 Å². The Labute approximate surface area is 183 Å². The summed E-state index contributed by atoms with van der Waals surface area (Å²) in [4.78, 5) is 39.1. The fourth-order valence-corrected chi connectivity index (χ4v) is 3.95. The number of amides is 2. The molecule has 0 aliphatic carbocycles. The summed E-state index contributed by atoms with van der Waals surface area (Å²) in [6, 6.07) is 15.5. The second kappa shape index (κ2) is 9.77. The lowest BCUT2D eigenvalue weighted by molar-refractivity contribution is -0.151. The van der Waals surface area contributed by atoms with E-state index >= 15 is 0 Å². The monoisotopic (exact) mass is 422 g/mol. The van der Waals surface area contributed by atoms with Crippen molar-refractivity contribution in [3.63, 3.8) is 0 Å². The van der Waals surface area contributed by atoms with Crippen LogP contribution in [0.2, 0.25) is 0 Å². The average Bonchev–Trinajstić information content (AvgIpc) is 3.15. The van der Waals surface area contributed by atoms with Crippen molar-refractivity contribution in [1.82, 2.24) is 4.90 Å². The number of benzene rings is 2. The number of nitrogens with zero attached hydrogens (tertiary/aromatic N) is 1. The molecule has 164 valence electrons. The van der Waals surface area contributed by atoms with E-state index in [1.807, 2.05) is 62.4 Å². The quantitative estimate of drug-likeness (QED) is 0.678. The van der Waals surface area contributed by atoms with Crippen molar-refractivity contribution in [3.05, 3.63) is 65.2 Å². The number of rotatable bonds is 7. The van der Waals surface area contributed by atoms with Crippen LogP contribution in [0.1, 0.15) is 55.8 Å². The zero-order chi connectivity index (χ0) is 22.5. The third kappa shape index (κ3) is 5.32. The first-order valence-electron chi connectivity index (χ1n) is 10.7. The number of aryl methyl sites for hydroxylation is 1. The molecule has 31 heavy (non-hydrogen) atoms. The summed E-state index contributed by atoms with van der Waals surface area (Å²) >= 11 is 0. The van der Waals surface area contributed by atoms with Crippen LogP contribution in [0.25, 0.3) is 0 Å². The van der Waals surface area contributed by atoms with E-state index in [0.717, 1.165) is 22.4 Å². The van der Waals surface area contributed by atoms with Crippen LogP contribution in [0.3, 0.4) is 0 Å². The molecule has 2 aromatic carbocycles. The Hall–Kier alpha value is -3.15. The summed E-state index contributed by atoms with van der Waals surface area (Å²) < 4.78 is 5.25. The Balaban J connectivity index is 1.56. The summed E-state index contributed by atoms with van der Waals surface area (Å²) in [5, 5.41) is 2.87. The van der Waals surface area contributed by atoms with Crippen LogP contribution < -0.4 is 5.32 Å². The van der Waals surface area contributed by atoms with E-state index in [1.54, 1.807) is 4.90 Å². The van der Waals surface area contributed by atoms with Gasteiger partial charge in [-0.05, 0) is 36.5 Å². The van der Waals surface area contributed by atoms with E-state index in [-0.39, 0.29) is 36.8 Å². The van der Waals surface area contributed by atoms with E-state index in [4.69, 9.17) is 4.74 Å². The van der Waals surface area contributed by atoms with E-state index < -0.39 is 11.9 Å². The Morgan fingerprint density at radius 1 is 1.10 bits per heavy atom. The van der Waals surface area contributed by atoms with Gasteiger partial charge in [0, 0.05) is 18.7 Å². The van der Waals surface area contributed by atoms with Crippen LogP contribution in [0, 0.1) is 12.8 Å². The summed E-state index contributed by atoms with van der Waals surface area (Å²) in [5.74, 6) is -1.29. The van der Waals surface area contributed by atoms with Gasteiger partial charge < -0.3 is 15.0 Å². The van der Waals surface area contributed by atoms with Gasteiger partial charge in [0.15, 0.2) is 6.61 Å². The van der Waals surface area contributed by atoms with E-state index in [2.05, 4.69) is 19.2 Å². The van der Waals surface area contributed by atoms with Crippen molar-refractivity contribution in [2.75, 3.05) is 18.5 Å². The first kappa shape index (κ1) is 22.5. The topological polar surface area (TPSA) is 75.7 Å². The predicted octanol–water partition coefficient (Wildman–Crippen LogP) is 4.21. The molecule has 1 N–H and O–H groups in total. The van der Waals surface area contributed by atoms with Crippen LogP contribution >= 0.6 is 0 Å². The zero-order valence-corrected chi connectivity index (χ0v) is 18.6. The Morgan fingerprint density at radius 2 is 1.81 bits per heavy atom. The first-order chi connectivity index (χ1) is 14.8. The molecule has 0 spiro atoms. The molecule has 1 saturated heterocycles. The molecule has 0 radical (unpaired) electrons. The average molecular weight is 423 g/mol. The molecule has 0 saturated carbocycles. The number of esters is 1. The van der Waals surface area contributed by atoms with Crippen LogP contribution in [0.15, 0.2) is 48.5 Å². The van der Waals surface area contributed by atoms with Crippen molar-refractivity contribution in [2.45, 2.75) is 46.1 Å². The Kier molecular flexibility index (Phi) is 7.10. The minimum atomic E-state index is -0.559. The molecule has 0 aromatic heterocycles. The number of hydrogen-bond acceptors (Lipinski definition) is 4. The smallest absolute Gasteiger partial charge is 0.311 e. The number of carbonyl (C=O) groups excluding carboxylic acids is 3. The highest BCUT2D eigenvalue weighted by Gasteiger charge is 2.38. The van der Waals surface area contributed by atoms with Gasteiger partial charge in [0.05, 0.1) is 12.0 Å². The third-order valence-electron chi connectivity index (χ3n) is 5.78. The standard InChI is InChI=1S/C25H30N2O4/c1-16(2)21-12-8-9-17(3)24(21)26-22(28)15-31-25(30)20-13-23(29)27(14-20)18(4)19-10-6-5-7-11-19/h5-12,16,18,20H,13-15H2,1-4H3,(H,26,28)/t18-,20-/m1/s1. The van der Waals surface area contributed by atoms with Crippen molar-refractivity contribution >= 4 is 23.5 Å². The summed E-state index contributed by atoms with van der Waals surface area (Å²) in [6.07, 6.45) is 0.104. The highest BCUT2D eigenvalue weighted by Crippen LogP contribution is 2.29. The van der Waals surface area contributed by atoms with E-state index in [9.17, 15) is 14.4 Å². The van der Waals surface area contributed by atoms with Crippen molar-refractivity contribution in [1.29, 1.82) is 0 Å². The molecule has 6 nitrogen and oxygen atoms in total. The largest absolute Gasteiger partial charge is 0.455 e. The number of ether oxygens (including phenoxy) is 1. The molecule has 3 rings (SSSR count). The van der Waals surface area contributed by atoms with Gasteiger partial charge in [0.25, 0.3) is 5.91 Å². The second-order valence-electron chi connectivity index (χ2n) is 8.38. The second-order valence-corrected chi connectivity index (χ2v) is 8.38. The molecule has 1 heterocycles. The fourth-order valence-electron chi connectivity index (χ4n) is 3.95. The lowest BCUT2D eigenvalue weighted by atomic mass is 9.98. The van der Waals surface area contributed by atoms with Gasteiger partial charge in [-0.3, -0.25) is 14.4 Å². The van der Waals surface area contributed by atoms with Crippen molar-refractivity contribution in [3.8, 4) is 0 Å². The molecule has 0 unspecified atom stereocenters. The van der Waals surface area contributed by atoms with E-state index in [0.29, 0.717) is 6.54 Å². The van der Waals surface area contributed by atoms with Gasteiger partial charge in [-0.25, -0.2) is 0 Å². The molecule has 1 aliphatic rings. The molecule has 6 heteroatoms. The van der Waals surface area contributed by atoms with Crippen LogP contribution in [-0.4, -0.2) is 35.8 Å². The summed E-state index contributed by atoms with van der Waals surface area (Å²) in [5.41, 5.74) is 3.77. The van der Waals surface area contributed by atoms with Gasteiger partial charge in [-0.2, -0.15) is 0 Å². The molecule has 2 atom stereocenters. The molecule has 0 bridgehead atoms. The van der Waals surface area contributed by atoms with Gasteiger partial charge in [0.2, 0.25) is 5.91 Å². The van der Waals surface area contributed by atoms with Gasteiger partial charge in [0.1, 0.15) is 0 Å². The zero-order valence-electron chi connectivity index (χ0n) is 18.6. The summed E-state index contributed by atoms with van der Waals surface area (Å²) in [7, 11) is 0. The van der Waals surface area contributed by atoms with Crippen LogP contribution in [-0.2, 0) is 19.1 Å². The maximum Gasteiger partial charge on any atom is 0.311 e. The molecular weight excluding hydrogens is 392 g/mol. The molecule has 2 aromatic rings. The Bertz CT molecular complexity index is 955. The molecule has 1 aliphatic heterocycles. The number of anilines is 1. The minimum Gasteiger partial charge on any atom is -0.455 e. The maximum atomic E-state index is 12.5. The SMILES string of the molecule is Cc1cccc(C(C)C)c1NC(=O)COC(=O)[C@@H]1CC(=O)N([C@H](C)c2ccccc2)C1. The molecular formula is C25H30N2O4. The lowest BCUT2D eigenvalue weighted by Crippen LogP contribution is -2.30. The van der Waals surface area contributed by atoms with Gasteiger partial charge >= 0.3 is 5.97 Å². The fraction of sp³-hybridized carbons (Fsp3) is 0.400. The number of carbonyl (C=O) groups is 3. The number of hydrogen-bond donors (Lipinski definition) is 1. The van der Waals surface area contributed by atoms with E-state index in [1.165, 1.54) is 0 Å². The lowest BCUT2D eigenvalue weighted by Gasteiger charge is -2.25. The predicted molar refractivity (Wildman–Crippen MR) is 120 cm³/mol. The number of likely N-dealkylation sites (tertiary alicyclic amines) is 1. The molecule has 1 fully saturated rings. The van der Waals surface area contributed by atoms with Gasteiger partial charge in [-0.1, -0.05) is 62.4 Å². The van der Waals surface area contributed by atoms with Crippen molar-refractivity contribution in [2.24, 2.45) is 5.92 Å². The Morgan fingerprint density at radius 3 is 2.48 bits per heavy atom. The van der Waals surface area contributed by atoms with Crippen LogP contribution in [0.5, 0.6) is 0 Å². The number of para-hydroxylation sites is 1. The highest BCUT2D eigenvalue weighted by atomic mass is 16.5. The third-order valence-corrected chi connectivity index (χ3v) is 5.78. The minimum absolute atomic E-state index is 0.0794. The highest BCUT2D eigenvalue weighted by molar-refractivity contribution is 5.95. The number of nitrogens with one attached hydrogen (secondary N) is 1. The first-order valence-corrected chi connectivity index (χ1v) is 10.7. The van der Waals surface area contributed by atoms with Crippen molar-refractivity contribution < 1.29 is 19.1 Å². The molecule has 2 amide bonds. The van der Waals surface area contributed by atoms with Gasteiger partial charge in [-0.15, -0.1) is 0 Å². The maximum absolute atomic E-state index is 12.5.